The number of nitrogens with zero attached hydrogens (tertiary/aromatic N) is 3. The second-order valence-corrected chi connectivity index (χ2v) is 10.6. The average molecular weight is 487 g/mol. The highest BCUT2D eigenvalue weighted by Crippen LogP contribution is 2.37. The molecule has 0 spiro atoms. The number of nitrogens with one attached hydrogen (secondary N) is 1. The first-order chi connectivity index (χ1) is 16.3. The van der Waals surface area contributed by atoms with Gasteiger partial charge in [-0.15, -0.1) is 0 Å². The van der Waals surface area contributed by atoms with E-state index in [1.807, 2.05) is 7.05 Å². The Bertz CT molecular complexity index is 1210. The maximum Gasteiger partial charge on any atom is 0.243 e. The molecule has 0 saturated carbocycles. The Morgan fingerprint density at radius 1 is 1.00 bits per heavy atom. The molecular weight excluding hydrogens is 460 g/mol. The van der Waals surface area contributed by atoms with Crippen LogP contribution in [0.4, 0.5) is 11.4 Å². The van der Waals surface area contributed by atoms with Gasteiger partial charge in [-0.3, -0.25) is 9.59 Å². The lowest BCUT2D eigenvalue weighted by Crippen LogP contribution is -2.46. The normalized spacial score (nSPS) is 21.1. The zero-order valence-corrected chi connectivity index (χ0v) is 19.6. The largest absolute Gasteiger partial charge is 0.454 e. The Morgan fingerprint density at radius 2 is 1.71 bits per heavy atom. The number of ether oxygens (including phenoxy) is 2. The lowest BCUT2D eigenvalue weighted by atomic mass is 10.1. The molecule has 5 rings (SSSR count). The maximum atomic E-state index is 12.9. The van der Waals surface area contributed by atoms with Crippen molar-refractivity contribution in [1.82, 2.24) is 9.21 Å². The van der Waals surface area contributed by atoms with Crippen LogP contribution in [0.1, 0.15) is 6.42 Å². The minimum Gasteiger partial charge on any atom is -0.454 e. The molecule has 2 aromatic rings. The van der Waals surface area contributed by atoms with Crippen molar-refractivity contribution < 1.29 is 27.5 Å². The number of rotatable bonds is 5. The number of hydrogen-bond donors (Lipinski definition) is 1. The number of carbonyl (C=O) groups excluding carboxylic acids is 2. The van der Waals surface area contributed by atoms with Crippen molar-refractivity contribution in [1.29, 1.82) is 0 Å². The minimum atomic E-state index is -3.57. The summed E-state index contributed by atoms with van der Waals surface area (Å²) in [6.45, 7) is 2.68. The number of anilines is 2. The van der Waals surface area contributed by atoms with Crippen LogP contribution in [0.2, 0.25) is 0 Å². The quantitative estimate of drug-likeness (QED) is 0.680. The van der Waals surface area contributed by atoms with E-state index in [0.29, 0.717) is 49.1 Å². The maximum absolute atomic E-state index is 12.9. The lowest BCUT2D eigenvalue weighted by Gasteiger charge is -2.31. The van der Waals surface area contributed by atoms with Crippen molar-refractivity contribution in [2.45, 2.75) is 11.3 Å². The van der Waals surface area contributed by atoms with Gasteiger partial charge in [0.2, 0.25) is 28.6 Å². The summed E-state index contributed by atoms with van der Waals surface area (Å²) < 4.78 is 37.9. The summed E-state index contributed by atoms with van der Waals surface area (Å²) >= 11 is 0. The fourth-order valence-corrected chi connectivity index (χ4v) is 5.74. The molecule has 2 aromatic carbocycles. The zero-order chi connectivity index (χ0) is 23.9. The molecule has 10 nitrogen and oxygen atoms in total. The van der Waals surface area contributed by atoms with E-state index < -0.39 is 15.9 Å². The topological polar surface area (TPSA) is 108 Å². The van der Waals surface area contributed by atoms with E-state index in [9.17, 15) is 18.0 Å². The molecule has 1 atom stereocenters. The third kappa shape index (κ3) is 4.33. The first-order valence-corrected chi connectivity index (χ1v) is 12.5. The van der Waals surface area contributed by atoms with E-state index >= 15 is 0 Å². The number of piperazine rings is 1. The van der Waals surface area contributed by atoms with Crippen molar-refractivity contribution in [2.75, 3.05) is 56.8 Å². The van der Waals surface area contributed by atoms with Crippen molar-refractivity contribution in [3.05, 3.63) is 42.5 Å². The van der Waals surface area contributed by atoms with Crippen molar-refractivity contribution >= 4 is 33.2 Å². The van der Waals surface area contributed by atoms with Crippen LogP contribution in [0.3, 0.4) is 0 Å². The molecule has 0 aliphatic carbocycles. The summed E-state index contributed by atoms with van der Waals surface area (Å²) in [6.07, 6.45) is 0.0934. The second-order valence-electron chi connectivity index (χ2n) is 8.66. The molecule has 1 unspecified atom stereocenters. The molecule has 3 aliphatic heterocycles. The minimum absolute atomic E-state index is 0.0934. The van der Waals surface area contributed by atoms with Gasteiger partial charge < -0.3 is 24.6 Å². The fraction of sp³-hybridized carbons (Fsp3) is 0.391. The standard InChI is InChI=1S/C23H26N4O6S/c1-25-8-10-26(11-9-25)34(30,31)19-5-2-17(3-6-19)24-23(29)16-12-22(28)27(14-16)18-4-7-20-21(13-18)33-15-32-20/h2-7,13,16H,8-12,14-15H2,1H3,(H,24,29). The molecule has 2 amide bonds. The van der Waals surface area contributed by atoms with Gasteiger partial charge in [-0.05, 0) is 43.4 Å². The van der Waals surface area contributed by atoms with Gasteiger partial charge in [-0.1, -0.05) is 0 Å². The number of carbonyl (C=O) groups is 2. The Hall–Kier alpha value is -3.15. The van der Waals surface area contributed by atoms with Gasteiger partial charge >= 0.3 is 0 Å². The Kier molecular flexibility index (Phi) is 5.92. The van der Waals surface area contributed by atoms with Crippen molar-refractivity contribution in [3.63, 3.8) is 0 Å². The number of sulfonamides is 1. The van der Waals surface area contributed by atoms with Crippen LogP contribution in [-0.4, -0.2) is 76.0 Å². The zero-order valence-electron chi connectivity index (χ0n) is 18.8. The van der Waals surface area contributed by atoms with Crippen LogP contribution in [0, 0.1) is 5.92 Å². The first-order valence-electron chi connectivity index (χ1n) is 11.1. The summed E-state index contributed by atoms with van der Waals surface area (Å²) in [5, 5.41) is 2.80. The molecule has 2 saturated heterocycles. The third-order valence-corrected chi connectivity index (χ3v) is 8.30. The summed E-state index contributed by atoms with van der Waals surface area (Å²) in [6, 6.07) is 11.4. The first kappa shape index (κ1) is 22.6. The number of amides is 2. The Balaban J connectivity index is 1.22. The van der Waals surface area contributed by atoms with E-state index in [2.05, 4.69) is 10.2 Å². The smallest absolute Gasteiger partial charge is 0.243 e. The average Bonchev–Trinajstić information content (AvgIpc) is 3.45. The molecule has 11 heteroatoms. The van der Waals surface area contributed by atoms with Crippen LogP contribution in [0.5, 0.6) is 11.5 Å². The predicted octanol–water partition coefficient (Wildman–Crippen LogP) is 1.34. The fourth-order valence-electron chi connectivity index (χ4n) is 4.32. The van der Waals surface area contributed by atoms with Crippen molar-refractivity contribution in [3.8, 4) is 11.5 Å². The monoisotopic (exact) mass is 486 g/mol. The Labute approximate surface area is 198 Å². The van der Waals surface area contributed by atoms with Gasteiger partial charge in [0, 0.05) is 56.6 Å². The number of benzene rings is 2. The van der Waals surface area contributed by atoms with Crippen molar-refractivity contribution in [2.24, 2.45) is 5.92 Å². The lowest BCUT2D eigenvalue weighted by molar-refractivity contribution is -0.122. The molecule has 0 aromatic heterocycles. The molecule has 3 heterocycles. The van der Waals surface area contributed by atoms with Gasteiger partial charge in [0.05, 0.1) is 10.8 Å². The van der Waals surface area contributed by atoms with E-state index in [-0.39, 0.29) is 36.5 Å². The van der Waals surface area contributed by atoms with E-state index in [0.717, 1.165) is 0 Å². The summed E-state index contributed by atoms with van der Waals surface area (Å²) in [5.41, 5.74) is 1.14. The molecule has 34 heavy (non-hydrogen) atoms. The molecule has 0 bridgehead atoms. The van der Waals surface area contributed by atoms with Crippen LogP contribution in [0.25, 0.3) is 0 Å². The molecule has 180 valence electrons. The highest BCUT2D eigenvalue weighted by molar-refractivity contribution is 7.89. The predicted molar refractivity (Wildman–Crippen MR) is 124 cm³/mol. The van der Waals surface area contributed by atoms with Gasteiger partial charge in [-0.2, -0.15) is 4.31 Å². The van der Waals surface area contributed by atoms with Crippen LogP contribution < -0.4 is 19.7 Å². The molecule has 0 radical (unpaired) electrons. The van der Waals surface area contributed by atoms with E-state index in [1.54, 1.807) is 35.2 Å². The summed E-state index contributed by atoms with van der Waals surface area (Å²) in [5.74, 6) is 0.248. The number of likely N-dealkylation sites (N-methyl/N-ethyl adjacent to an activating group) is 1. The summed E-state index contributed by atoms with van der Waals surface area (Å²) in [7, 11) is -1.61. The number of hydrogen-bond acceptors (Lipinski definition) is 7. The van der Waals surface area contributed by atoms with Gasteiger partial charge in [0.1, 0.15) is 0 Å². The van der Waals surface area contributed by atoms with Crippen LogP contribution in [0.15, 0.2) is 47.4 Å². The molecular formula is C23H26N4O6S. The van der Waals surface area contributed by atoms with E-state index in [1.165, 1.54) is 16.4 Å². The Morgan fingerprint density at radius 3 is 2.44 bits per heavy atom. The number of fused-ring (bicyclic) bond motifs is 1. The van der Waals surface area contributed by atoms with Gasteiger partial charge in [0.15, 0.2) is 11.5 Å². The van der Waals surface area contributed by atoms with E-state index in [4.69, 9.17) is 9.47 Å². The highest BCUT2D eigenvalue weighted by Gasteiger charge is 2.36. The third-order valence-electron chi connectivity index (χ3n) is 6.39. The molecule has 3 aliphatic rings. The van der Waals surface area contributed by atoms with Gasteiger partial charge in [-0.25, -0.2) is 8.42 Å². The molecule has 2 fully saturated rings. The highest BCUT2D eigenvalue weighted by atomic mass is 32.2. The van der Waals surface area contributed by atoms with Crippen LogP contribution >= 0.6 is 0 Å². The SMILES string of the molecule is CN1CCN(S(=O)(=O)c2ccc(NC(=O)C3CC(=O)N(c4ccc5c(c4)OCO5)C3)cc2)CC1. The summed E-state index contributed by atoms with van der Waals surface area (Å²) in [4.78, 5) is 29.2. The van der Waals surface area contributed by atoms with Crippen LogP contribution in [-0.2, 0) is 19.6 Å². The second kappa shape index (κ2) is 8.90. The van der Waals surface area contributed by atoms with Gasteiger partial charge in [0.25, 0.3) is 0 Å². The molecule has 1 N–H and O–H groups in total.